The van der Waals surface area contributed by atoms with Crippen LogP contribution in [-0.4, -0.2) is 12.0 Å². The Morgan fingerprint density at radius 2 is 1.94 bits per heavy atom. The Bertz CT molecular complexity index is 535. The summed E-state index contributed by atoms with van der Waals surface area (Å²) < 4.78 is 0. The molecule has 2 aromatic rings. The van der Waals surface area contributed by atoms with Crippen molar-refractivity contribution in [3.8, 4) is 0 Å². The van der Waals surface area contributed by atoms with Gasteiger partial charge in [0.1, 0.15) is 0 Å². The van der Waals surface area contributed by atoms with Crippen LogP contribution in [0.15, 0.2) is 36.7 Å². The number of nitrogen functional groups attached to an aromatic ring is 1. The second-order valence-corrected chi connectivity index (χ2v) is 4.71. The fourth-order valence-electron chi connectivity index (χ4n) is 2.00. The largest absolute Gasteiger partial charge is 0.397 e. The predicted octanol–water partition coefficient (Wildman–Crippen LogP) is 2.92. The van der Waals surface area contributed by atoms with Crippen LogP contribution in [0.25, 0.3) is 0 Å². The maximum atomic E-state index is 6.09. The van der Waals surface area contributed by atoms with Gasteiger partial charge in [-0.2, -0.15) is 0 Å². The summed E-state index contributed by atoms with van der Waals surface area (Å²) in [6, 6.07) is 8.19. The molecule has 0 aliphatic heterocycles. The van der Waals surface area contributed by atoms with Crippen molar-refractivity contribution in [1.29, 1.82) is 0 Å². The fraction of sp³-hybridized carbons (Fsp3) is 0.267. The van der Waals surface area contributed by atoms with Crippen molar-refractivity contribution in [2.45, 2.75) is 20.4 Å². The van der Waals surface area contributed by atoms with E-state index in [2.05, 4.69) is 35.9 Å². The number of nitrogens with two attached hydrogens (primary N) is 1. The molecule has 0 saturated carbocycles. The highest BCUT2D eigenvalue weighted by atomic mass is 15.1. The summed E-state index contributed by atoms with van der Waals surface area (Å²) in [6.45, 7) is 4.99. The zero-order valence-electron chi connectivity index (χ0n) is 11.1. The maximum absolute atomic E-state index is 6.09. The summed E-state index contributed by atoms with van der Waals surface area (Å²) in [7, 11) is 2.05. The number of rotatable bonds is 3. The van der Waals surface area contributed by atoms with Crippen molar-refractivity contribution in [2.75, 3.05) is 17.7 Å². The van der Waals surface area contributed by atoms with Crippen LogP contribution in [0.2, 0.25) is 0 Å². The van der Waals surface area contributed by atoms with Crippen molar-refractivity contribution >= 4 is 11.4 Å². The van der Waals surface area contributed by atoms with Gasteiger partial charge >= 0.3 is 0 Å². The Balaban J connectivity index is 2.24. The lowest BCUT2D eigenvalue weighted by atomic mass is 10.1. The molecule has 1 heterocycles. The number of benzene rings is 1. The van der Waals surface area contributed by atoms with E-state index in [4.69, 9.17) is 5.73 Å². The molecule has 0 aliphatic rings. The number of hydrogen-bond donors (Lipinski definition) is 1. The smallest absolute Gasteiger partial charge is 0.0603 e. The van der Waals surface area contributed by atoms with Crippen LogP contribution in [0.1, 0.15) is 16.7 Å². The predicted molar refractivity (Wildman–Crippen MR) is 76.7 cm³/mol. The number of anilines is 2. The van der Waals surface area contributed by atoms with Gasteiger partial charge in [-0.1, -0.05) is 6.07 Å². The van der Waals surface area contributed by atoms with Gasteiger partial charge in [-0.05, 0) is 48.7 Å². The molecule has 2 rings (SSSR count). The maximum Gasteiger partial charge on any atom is 0.0603 e. The summed E-state index contributed by atoms with van der Waals surface area (Å²) in [5, 5.41) is 0. The Morgan fingerprint density at radius 3 is 2.61 bits per heavy atom. The van der Waals surface area contributed by atoms with E-state index in [1.54, 1.807) is 6.20 Å². The van der Waals surface area contributed by atoms with E-state index in [1.807, 2.05) is 25.4 Å². The van der Waals surface area contributed by atoms with E-state index in [9.17, 15) is 0 Å². The molecule has 0 spiro atoms. The van der Waals surface area contributed by atoms with Gasteiger partial charge in [0.2, 0.25) is 0 Å². The van der Waals surface area contributed by atoms with Gasteiger partial charge in [-0.25, -0.2) is 0 Å². The summed E-state index contributed by atoms with van der Waals surface area (Å²) in [5.74, 6) is 0. The SMILES string of the molecule is Cc1cc(N)c(N(C)Cc2cccnc2)cc1C. The molecule has 3 nitrogen and oxygen atoms in total. The standard InChI is InChI=1S/C15H19N3/c1-11-7-14(16)15(8-12(11)2)18(3)10-13-5-4-6-17-9-13/h4-9H,10,16H2,1-3H3. The lowest BCUT2D eigenvalue weighted by molar-refractivity contribution is 0.915. The highest BCUT2D eigenvalue weighted by molar-refractivity contribution is 5.69. The van der Waals surface area contributed by atoms with E-state index in [1.165, 1.54) is 16.7 Å². The van der Waals surface area contributed by atoms with Crippen LogP contribution in [0.3, 0.4) is 0 Å². The number of pyridine rings is 1. The van der Waals surface area contributed by atoms with Crippen LogP contribution in [0.5, 0.6) is 0 Å². The number of aromatic nitrogens is 1. The normalized spacial score (nSPS) is 10.4. The fourth-order valence-corrected chi connectivity index (χ4v) is 2.00. The third-order valence-corrected chi connectivity index (χ3v) is 3.20. The third kappa shape index (κ3) is 2.62. The van der Waals surface area contributed by atoms with Crippen molar-refractivity contribution in [1.82, 2.24) is 4.98 Å². The van der Waals surface area contributed by atoms with Gasteiger partial charge in [-0.15, -0.1) is 0 Å². The zero-order valence-corrected chi connectivity index (χ0v) is 11.1. The Kier molecular flexibility index (Phi) is 3.51. The molecule has 0 radical (unpaired) electrons. The van der Waals surface area contributed by atoms with Gasteiger partial charge in [0.15, 0.2) is 0 Å². The van der Waals surface area contributed by atoms with Gasteiger partial charge in [0.05, 0.1) is 11.4 Å². The summed E-state index contributed by atoms with van der Waals surface area (Å²) in [4.78, 5) is 6.28. The van der Waals surface area contributed by atoms with E-state index in [-0.39, 0.29) is 0 Å². The number of hydrogen-bond acceptors (Lipinski definition) is 3. The van der Waals surface area contributed by atoms with Crippen molar-refractivity contribution in [3.05, 3.63) is 53.3 Å². The molecule has 1 aromatic carbocycles. The summed E-state index contributed by atoms with van der Waals surface area (Å²) in [5.41, 5.74) is 11.6. The average molecular weight is 241 g/mol. The Hall–Kier alpha value is -2.03. The monoisotopic (exact) mass is 241 g/mol. The minimum absolute atomic E-state index is 0.806. The average Bonchev–Trinajstić information content (AvgIpc) is 2.35. The van der Waals surface area contributed by atoms with E-state index >= 15 is 0 Å². The van der Waals surface area contributed by atoms with Crippen LogP contribution < -0.4 is 10.6 Å². The van der Waals surface area contributed by atoms with Gasteiger partial charge in [0, 0.05) is 26.0 Å². The molecule has 0 fully saturated rings. The quantitative estimate of drug-likeness (QED) is 0.840. The number of nitrogens with zero attached hydrogens (tertiary/aromatic N) is 2. The molecule has 0 aliphatic carbocycles. The van der Waals surface area contributed by atoms with Gasteiger partial charge < -0.3 is 10.6 Å². The first-order valence-electron chi connectivity index (χ1n) is 6.04. The van der Waals surface area contributed by atoms with Crippen LogP contribution >= 0.6 is 0 Å². The van der Waals surface area contributed by atoms with E-state index in [0.717, 1.165) is 17.9 Å². The van der Waals surface area contributed by atoms with Crippen LogP contribution in [-0.2, 0) is 6.54 Å². The molecule has 1 aromatic heterocycles. The second kappa shape index (κ2) is 5.08. The molecule has 18 heavy (non-hydrogen) atoms. The summed E-state index contributed by atoms with van der Waals surface area (Å²) in [6.07, 6.45) is 3.67. The molecular formula is C15H19N3. The van der Waals surface area contributed by atoms with Gasteiger partial charge in [-0.3, -0.25) is 4.98 Å². The lowest BCUT2D eigenvalue weighted by Gasteiger charge is -2.22. The highest BCUT2D eigenvalue weighted by Crippen LogP contribution is 2.26. The molecule has 0 amide bonds. The molecule has 0 saturated heterocycles. The van der Waals surface area contributed by atoms with Crippen molar-refractivity contribution < 1.29 is 0 Å². The van der Waals surface area contributed by atoms with Gasteiger partial charge in [0.25, 0.3) is 0 Å². The first-order chi connectivity index (χ1) is 8.58. The Labute approximate surface area is 108 Å². The molecule has 0 unspecified atom stereocenters. The summed E-state index contributed by atoms with van der Waals surface area (Å²) >= 11 is 0. The number of aryl methyl sites for hydroxylation is 2. The second-order valence-electron chi connectivity index (χ2n) is 4.71. The zero-order chi connectivity index (χ0) is 13.1. The van der Waals surface area contributed by atoms with E-state index in [0.29, 0.717) is 0 Å². The van der Waals surface area contributed by atoms with Crippen LogP contribution in [0, 0.1) is 13.8 Å². The molecule has 0 atom stereocenters. The Morgan fingerprint density at radius 1 is 1.22 bits per heavy atom. The van der Waals surface area contributed by atoms with Crippen molar-refractivity contribution in [3.63, 3.8) is 0 Å². The molecule has 3 heteroatoms. The topological polar surface area (TPSA) is 42.1 Å². The molecular weight excluding hydrogens is 222 g/mol. The highest BCUT2D eigenvalue weighted by Gasteiger charge is 2.08. The lowest BCUT2D eigenvalue weighted by Crippen LogP contribution is -2.18. The van der Waals surface area contributed by atoms with Crippen LogP contribution in [0.4, 0.5) is 11.4 Å². The molecule has 2 N–H and O–H groups in total. The minimum Gasteiger partial charge on any atom is -0.397 e. The molecule has 0 bridgehead atoms. The first-order valence-corrected chi connectivity index (χ1v) is 6.04. The third-order valence-electron chi connectivity index (χ3n) is 3.20. The first kappa shape index (κ1) is 12.4. The molecule has 94 valence electrons. The minimum atomic E-state index is 0.806. The van der Waals surface area contributed by atoms with Crippen molar-refractivity contribution in [2.24, 2.45) is 0 Å². The van der Waals surface area contributed by atoms with E-state index < -0.39 is 0 Å².